The lowest BCUT2D eigenvalue weighted by Gasteiger charge is -2.14. The quantitative estimate of drug-likeness (QED) is 0.359. The summed E-state index contributed by atoms with van der Waals surface area (Å²) < 4.78 is 17.6. The smallest absolute Gasteiger partial charge is 0.232 e. The van der Waals surface area contributed by atoms with E-state index in [1.807, 2.05) is 32.0 Å². The van der Waals surface area contributed by atoms with Gasteiger partial charge in [0.05, 0.1) is 18.6 Å². The molecule has 1 saturated heterocycles. The van der Waals surface area contributed by atoms with Crippen LogP contribution in [0.3, 0.4) is 0 Å². The molecule has 0 aliphatic carbocycles. The van der Waals surface area contributed by atoms with Crippen molar-refractivity contribution in [1.29, 1.82) is 0 Å². The number of likely N-dealkylation sites (tertiary alicyclic amines) is 1. The summed E-state index contributed by atoms with van der Waals surface area (Å²) in [5.74, 6) is 1.38. The van der Waals surface area contributed by atoms with Gasteiger partial charge in [-0.1, -0.05) is 11.6 Å². The fourth-order valence-corrected chi connectivity index (χ4v) is 3.95. The van der Waals surface area contributed by atoms with Crippen molar-refractivity contribution < 1.29 is 18.7 Å². The van der Waals surface area contributed by atoms with Crippen LogP contribution in [0.1, 0.15) is 47.9 Å². The van der Waals surface area contributed by atoms with Crippen LogP contribution in [0, 0.1) is 6.92 Å². The molecule has 30 heavy (non-hydrogen) atoms. The first-order valence-electron chi connectivity index (χ1n) is 10.8. The van der Waals surface area contributed by atoms with Crippen molar-refractivity contribution in [1.82, 2.24) is 4.90 Å². The third kappa shape index (κ3) is 4.51. The summed E-state index contributed by atoms with van der Waals surface area (Å²) in [6.45, 7) is 8.48. The molecule has 3 aromatic rings. The average molecular weight is 408 g/mol. The van der Waals surface area contributed by atoms with Crippen LogP contribution in [0.5, 0.6) is 11.5 Å². The van der Waals surface area contributed by atoms with E-state index in [2.05, 4.69) is 4.90 Å². The van der Waals surface area contributed by atoms with E-state index in [1.54, 1.807) is 24.3 Å². The molecular weight excluding hydrogens is 378 g/mol. The second kappa shape index (κ2) is 9.35. The number of ether oxygens (including phenoxy) is 2. The summed E-state index contributed by atoms with van der Waals surface area (Å²) in [6.07, 6.45) is 3.50. The molecule has 5 nitrogen and oxygen atoms in total. The lowest BCUT2D eigenvalue weighted by Crippen LogP contribution is -2.22. The number of carbonyl (C=O) groups excluding carboxylic acids is 1. The van der Waals surface area contributed by atoms with Crippen LogP contribution in [-0.4, -0.2) is 43.5 Å². The van der Waals surface area contributed by atoms with Gasteiger partial charge in [-0.2, -0.15) is 0 Å². The zero-order chi connectivity index (χ0) is 20.9. The van der Waals surface area contributed by atoms with E-state index in [0.717, 1.165) is 29.7 Å². The molecule has 158 valence electrons. The van der Waals surface area contributed by atoms with Crippen LogP contribution in [0.2, 0.25) is 0 Å². The van der Waals surface area contributed by atoms with Crippen molar-refractivity contribution in [2.24, 2.45) is 0 Å². The van der Waals surface area contributed by atoms with Crippen molar-refractivity contribution in [2.45, 2.75) is 33.1 Å². The highest BCUT2D eigenvalue weighted by Gasteiger charge is 2.24. The number of fused-ring (bicyclic) bond motifs is 1. The van der Waals surface area contributed by atoms with Gasteiger partial charge in [-0.05, 0) is 82.6 Å². The standard InChI is InChI=1S/C25H29NO4/c1-3-28-20-10-8-19(9-11-20)23(27)25-24(21-17-18(2)7-12-22(21)30-25)29-16-6-15-26-13-4-5-14-26/h7-12,17H,3-6,13-16H2,1-2H3. The predicted octanol–water partition coefficient (Wildman–Crippen LogP) is 5.24. The van der Waals surface area contributed by atoms with Gasteiger partial charge < -0.3 is 18.8 Å². The third-order valence-corrected chi connectivity index (χ3v) is 5.50. The Labute approximate surface area is 177 Å². The van der Waals surface area contributed by atoms with Gasteiger partial charge in [0.2, 0.25) is 11.5 Å². The average Bonchev–Trinajstić information content (AvgIpc) is 3.39. The van der Waals surface area contributed by atoms with Gasteiger partial charge in [0.1, 0.15) is 11.3 Å². The molecule has 0 N–H and O–H groups in total. The van der Waals surface area contributed by atoms with Crippen LogP contribution in [0.25, 0.3) is 11.0 Å². The van der Waals surface area contributed by atoms with E-state index in [0.29, 0.717) is 30.1 Å². The van der Waals surface area contributed by atoms with Gasteiger partial charge in [0, 0.05) is 12.1 Å². The Morgan fingerprint density at radius 1 is 1.07 bits per heavy atom. The number of aryl methyl sites for hydroxylation is 1. The summed E-state index contributed by atoms with van der Waals surface area (Å²) in [7, 11) is 0. The maximum Gasteiger partial charge on any atom is 0.232 e. The molecule has 0 bridgehead atoms. The number of benzene rings is 2. The summed E-state index contributed by atoms with van der Waals surface area (Å²) in [5.41, 5.74) is 2.32. The summed E-state index contributed by atoms with van der Waals surface area (Å²) in [6, 6.07) is 13.0. The molecule has 0 atom stereocenters. The zero-order valence-corrected chi connectivity index (χ0v) is 17.8. The highest BCUT2D eigenvalue weighted by molar-refractivity contribution is 6.12. The van der Waals surface area contributed by atoms with Crippen molar-refractivity contribution >= 4 is 16.8 Å². The van der Waals surface area contributed by atoms with Gasteiger partial charge in [-0.15, -0.1) is 0 Å². The minimum atomic E-state index is -0.179. The molecule has 1 aliphatic rings. The van der Waals surface area contributed by atoms with Crippen molar-refractivity contribution in [3.63, 3.8) is 0 Å². The summed E-state index contributed by atoms with van der Waals surface area (Å²) in [5, 5.41) is 0.852. The molecule has 5 heteroatoms. The molecule has 1 aromatic heterocycles. The lowest BCUT2D eigenvalue weighted by atomic mass is 10.1. The van der Waals surface area contributed by atoms with Gasteiger partial charge in [-0.25, -0.2) is 0 Å². The number of carbonyl (C=O) groups is 1. The number of hydrogen-bond acceptors (Lipinski definition) is 5. The van der Waals surface area contributed by atoms with Crippen LogP contribution in [-0.2, 0) is 0 Å². The monoisotopic (exact) mass is 407 g/mol. The minimum Gasteiger partial charge on any atom is -0.494 e. The molecule has 1 aliphatic heterocycles. The van der Waals surface area contributed by atoms with Crippen LogP contribution >= 0.6 is 0 Å². The largest absolute Gasteiger partial charge is 0.494 e. The maximum atomic E-state index is 13.2. The Morgan fingerprint density at radius 3 is 2.57 bits per heavy atom. The van der Waals surface area contributed by atoms with E-state index >= 15 is 0 Å². The number of hydrogen-bond donors (Lipinski definition) is 0. The topological polar surface area (TPSA) is 51.9 Å². The zero-order valence-electron chi connectivity index (χ0n) is 17.8. The third-order valence-electron chi connectivity index (χ3n) is 5.50. The molecule has 0 spiro atoms. The molecule has 1 fully saturated rings. The molecule has 0 saturated carbocycles. The summed E-state index contributed by atoms with van der Waals surface area (Å²) in [4.78, 5) is 15.7. The van der Waals surface area contributed by atoms with E-state index in [1.165, 1.54) is 25.9 Å². The highest BCUT2D eigenvalue weighted by atomic mass is 16.5. The van der Waals surface area contributed by atoms with E-state index in [-0.39, 0.29) is 11.5 Å². The van der Waals surface area contributed by atoms with Crippen molar-refractivity contribution in [2.75, 3.05) is 32.8 Å². The van der Waals surface area contributed by atoms with Gasteiger partial charge in [0.15, 0.2) is 5.75 Å². The Balaban J connectivity index is 1.56. The molecule has 0 unspecified atom stereocenters. The van der Waals surface area contributed by atoms with Crippen molar-refractivity contribution in [3.05, 3.63) is 59.4 Å². The van der Waals surface area contributed by atoms with Gasteiger partial charge in [0.25, 0.3) is 0 Å². The molecule has 4 rings (SSSR count). The SMILES string of the molecule is CCOc1ccc(C(=O)c2oc3ccc(C)cc3c2OCCCN2CCCC2)cc1. The number of rotatable bonds is 9. The van der Waals surface area contributed by atoms with E-state index in [9.17, 15) is 4.79 Å². The summed E-state index contributed by atoms with van der Waals surface area (Å²) >= 11 is 0. The van der Waals surface area contributed by atoms with Gasteiger partial charge >= 0.3 is 0 Å². The molecule has 2 heterocycles. The Kier molecular flexibility index (Phi) is 6.38. The van der Waals surface area contributed by atoms with Crippen LogP contribution < -0.4 is 9.47 Å². The molecule has 0 radical (unpaired) electrons. The van der Waals surface area contributed by atoms with E-state index in [4.69, 9.17) is 13.9 Å². The number of nitrogens with zero attached hydrogens (tertiary/aromatic N) is 1. The Morgan fingerprint density at radius 2 is 1.83 bits per heavy atom. The Hall–Kier alpha value is -2.79. The lowest BCUT2D eigenvalue weighted by molar-refractivity contribution is 0.100. The first-order valence-corrected chi connectivity index (χ1v) is 10.8. The van der Waals surface area contributed by atoms with Crippen LogP contribution in [0.4, 0.5) is 0 Å². The normalized spacial score (nSPS) is 14.3. The van der Waals surface area contributed by atoms with E-state index < -0.39 is 0 Å². The predicted molar refractivity (Wildman–Crippen MR) is 118 cm³/mol. The van der Waals surface area contributed by atoms with Crippen molar-refractivity contribution in [3.8, 4) is 11.5 Å². The first kappa shape index (κ1) is 20.5. The molecule has 2 aromatic carbocycles. The second-order valence-electron chi connectivity index (χ2n) is 7.80. The number of furan rings is 1. The van der Waals surface area contributed by atoms with Gasteiger partial charge in [-0.3, -0.25) is 4.79 Å². The Bertz CT molecular complexity index is 1000. The first-order chi connectivity index (χ1) is 14.7. The second-order valence-corrected chi connectivity index (χ2v) is 7.80. The number of ketones is 1. The highest BCUT2D eigenvalue weighted by Crippen LogP contribution is 2.35. The molecule has 0 amide bonds. The minimum absolute atomic E-state index is 0.179. The van der Waals surface area contributed by atoms with Crippen LogP contribution in [0.15, 0.2) is 46.9 Å². The fraction of sp³-hybridized carbons (Fsp3) is 0.400. The fourth-order valence-electron chi connectivity index (χ4n) is 3.95. The maximum absolute atomic E-state index is 13.2. The molecular formula is C25H29NO4.